The van der Waals surface area contributed by atoms with Crippen molar-refractivity contribution in [3.05, 3.63) is 65.7 Å². The van der Waals surface area contributed by atoms with Crippen molar-refractivity contribution < 1.29 is 9.59 Å². The van der Waals surface area contributed by atoms with Crippen LogP contribution in [0.1, 0.15) is 30.9 Å². The number of para-hydroxylation sites is 1. The number of rotatable bonds is 8. The first-order chi connectivity index (χ1) is 14.1. The van der Waals surface area contributed by atoms with Crippen LogP contribution in [0.2, 0.25) is 0 Å². The molecule has 6 heteroatoms. The van der Waals surface area contributed by atoms with Crippen LogP contribution in [-0.4, -0.2) is 53.6 Å². The molecule has 0 spiro atoms. The maximum Gasteiger partial charge on any atom is 0.256 e. The molecular weight excluding hydrogens is 364 g/mol. The normalized spacial score (nSPS) is 13.5. The molecular formula is C23H28N4O2. The van der Waals surface area contributed by atoms with Gasteiger partial charge in [0.2, 0.25) is 5.91 Å². The van der Waals surface area contributed by atoms with Crippen molar-refractivity contribution in [1.82, 2.24) is 9.91 Å². The molecule has 0 unspecified atom stereocenters. The highest BCUT2D eigenvalue weighted by Crippen LogP contribution is 2.15. The summed E-state index contributed by atoms with van der Waals surface area (Å²) >= 11 is 0. The van der Waals surface area contributed by atoms with E-state index in [9.17, 15) is 9.59 Å². The largest absolute Gasteiger partial charge is 0.325 e. The Balaban J connectivity index is 1.58. The lowest BCUT2D eigenvalue weighted by Gasteiger charge is -2.22. The molecule has 1 aliphatic rings. The van der Waals surface area contributed by atoms with Crippen LogP contribution in [0.3, 0.4) is 0 Å². The second kappa shape index (κ2) is 9.98. The van der Waals surface area contributed by atoms with Crippen LogP contribution in [0.5, 0.6) is 0 Å². The average molecular weight is 393 g/mol. The van der Waals surface area contributed by atoms with E-state index in [-0.39, 0.29) is 24.9 Å². The first kappa shape index (κ1) is 20.7. The van der Waals surface area contributed by atoms with Gasteiger partial charge in [0.15, 0.2) is 0 Å². The zero-order chi connectivity index (χ0) is 20.6. The predicted octanol–water partition coefficient (Wildman–Crippen LogP) is 3.28. The number of nitrogens with one attached hydrogen (secondary N) is 1. The topological polar surface area (TPSA) is 65.0 Å². The maximum atomic E-state index is 12.7. The molecule has 1 aliphatic heterocycles. The lowest BCUT2D eigenvalue weighted by Crippen LogP contribution is -2.41. The Morgan fingerprint density at radius 3 is 2.52 bits per heavy atom. The third-order valence-corrected chi connectivity index (χ3v) is 4.88. The second-order valence-corrected chi connectivity index (χ2v) is 7.25. The lowest BCUT2D eigenvalue weighted by molar-refractivity contribution is -0.132. The van der Waals surface area contributed by atoms with Gasteiger partial charge < -0.3 is 5.32 Å². The van der Waals surface area contributed by atoms with Gasteiger partial charge in [0.25, 0.3) is 5.91 Å². The quantitative estimate of drug-likeness (QED) is 0.750. The van der Waals surface area contributed by atoms with E-state index < -0.39 is 0 Å². The highest BCUT2D eigenvalue weighted by molar-refractivity contribution is 6.02. The molecule has 0 saturated carbocycles. The van der Waals surface area contributed by atoms with Crippen molar-refractivity contribution in [2.45, 2.75) is 26.7 Å². The molecule has 0 radical (unpaired) electrons. The van der Waals surface area contributed by atoms with Crippen molar-refractivity contribution in [1.29, 1.82) is 0 Å². The molecule has 29 heavy (non-hydrogen) atoms. The summed E-state index contributed by atoms with van der Waals surface area (Å²) in [4.78, 5) is 27.1. The molecule has 3 rings (SSSR count). The summed E-state index contributed by atoms with van der Waals surface area (Å²) in [5.41, 5.74) is 3.79. The summed E-state index contributed by atoms with van der Waals surface area (Å²) in [6.07, 6.45) is 1.61. The highest BCUT2D eigenvalue weighted by Gasteiger charge is 2.24. The van der Waals surface area contributed by atoms with Gasteiger partial charge in [0.05, 0.1) is 25.3 Å². The van der Waals surface area contributed by atoms with Gasteiger partial charge in [-0.25, -0.2) is 5.01 Å². The van der Waals surface area contributed by atoms with Crippen molar-refractivity contribution >= 4 is 23.2 Å². The molecule has 1 heterocycles. The summed E-state index contributed by atoms with van der Waals surface area (Å²) in [7, 11) is 0. The number of benzene rings is 2. The third-order valence-electron chi connectivity index (χ3n) is 4.88. The first-order valence-electron chi connectivity index (χ1n) is 10.1. The van der Waals surface area contributed by atoms with E-state index in [1.165, 1.54) is 5.01 Å². The molecule has 2 aromatic rings. The minimum absolute atomic E-state index is 0.0759. The summed E-state index contributed by atoms with van der Waals surface area (Å²) in [6.45, 7) is 5.61. The van der Waals surface area contributed by atoms with E-state index in [4.69, 9.17) is 0 Å². The van der Waals surface area contributed by atoms with Crippen molar-refractivity contribution in [2.24, 2.45) is 5.10 Å². The minimum atomic E-state index is -0.115. The number of carbonyl (C=O) groups excluding carboxylic acids is 2. The maximum absolute atomic E-state index is 12.7. The molecule has 0 saturated heterocycles. The Bertz CT molecular complexity index is 879. The zero-order valence-corrected chi connectivity index (χ0v) is 17.1. The highest BCUT2D eigenvalue weighted by atomic mass is 16.2. The van der Waals surface area contributed by atoms with Crippen molar-refractivity contribution in [3.8, 4) is 0 Å². The Morgan fingerprint density at radius 1 is 1.07 bits per heavy atom. The first-order valence-corrected chi connectivity index (χ1v) is 10.1. The Kier molecular flexibility index (Phi) is 7.14. The molecule has 6 nitrogen and oxygen atoms in total. The van der Waals surface area contributed by atoms with Gasteiger partial charge in [0.1, 0.15) is 0 Å². The number of hydrogen-bond donors (Lipinski definition) is 1. The number of anilines is 1. The number of amides is 2. The molecule has 2 aromatic carbocycles. The Labute approximate surface area is 172 Å². The second-order valence-electron chi connectivity index (χ2n) is 7.25. The summed E-state index contributed by atoms with van der Waals surface area (Å²) in [5.74, 6) is -0.191. The molecule has 0 atom stereocenters. The third kappa shape index (κ3) is 5.74. The van der Waals surface area contributed by atoms with Gasteiger partial charge in [-0.15, -0.1) is 0 Å². The standard InChI is InChI=1S/C23H28N4O2/c1-3-14-26(16-22(28)24-20-12-8-7-9-18(20)2)17-23(29)27-15-13-21(25-27)19-10-5-4-6-11-19/h4-12H,3,13-17H2,1-2H3,(H,24,28). The predicted molar refractivity (Wildman–Crippen MR) is 116 cm³/mol. The van der Waals surface area contributed by atoms with Crippen LogP contribution in [0.25, 0.3) is 0 Å². The SMILES string of the molecule is CCCN(CC(=O)Nc1ccccc1C)CC(=O)N1CCC(c2ccccc2)=N1. The lowest BCUT2D eigenvalue weighted by atomic mass is 10.1. The van der Waals surface area contributed by atoms with E-state index >= 15 is 0 Å². The van der Waals surface area contributed by atoms with Crippen LogP contribution < -0.4 is 5.32 Å². The number of carbonyl (C=O) groups is 2. The van der Waals surface area contributed by atoms with Gasteiger partial charge in [-0.05, 0) is 37.1 Å². The molecule has 2 amide bonds. The van der Waals surface area contributed by atoms with Crippen LogP contribution in [0.4, 0.5) is 5.69 Å². The van der Waals surface area contributed by atoms with Gasteiger partial charge in [-0.2, -0.15) is 5.10 Å². The number of hydrazone groups is 1. The van der Waals surface area contributed by atoms with Gasteiger partial charge >= 0.3 is 0 Å². The Morgan fingerprint density at radius 2 is 1.79 bits per heavy atom. The number of nitrogens with zero attached hydrogens (tertiary/aromatic N) is 3. The minimum Gasteiger partial charge on any atom is -0.325 e. The molecule has 0 bridgehead atoms. The van der Waals surface area contributed by atoms with E-state index in [0.717, 1.165) is 35.4 Å². The van der Waals surface area contributed by atoms with Crippen molar-refractivity contribution in [3.63, 3.8) is 0 Å². The van der Waals surface area contributed by atoms with E-state index in [1.54, 1.807) is 0 Å². The van der Waals surface area contributed by atoms with E-state index in [1.807, 2.05) is 73.3 Å². The fourth-order valence-electron chi connectivity index (χ4n) is 3.38. The summed E-state index contributed by atoms with van der Waals surface area (Å²) in [5, 5.41) is 8.97. The van der Waals surface area contributed by atoms with Crippen molar-refractivity contribution in [2.75, 3.05) is 31.5 Å². The molecule has 0 fully saturated rings. The zero-order valence-electron chi connectivity index (χ0n) is 17.1. The average Bonchev–Trinajstić information content (AvgIpc) is 3.21. The number of aryl methyl sites for hydroxylation is 1. The molecule has 152 valence electrons. The van der Waals surface area contributed by atoms with Crippen LogP contribution in [0.15, 0.2) is 59.7 Å². The van der Waals surface area contributed by atoms with Gasteiger partial charge in [-0.1, -0.05) is 55.5 Å². The van der Waals surface area contributed by atoms with Crippen LogP contribution in [0, 0.1) is 6.92 Å². The molecule has 1 N–H and O–H groups in total. The Hall–Kier alpha value is -2.99. The summed E-state index contributed by atoms with van der Waals surface area (Å²) in [6, 6.07) is 17.6. The van der Waals surface area contributed by atoms with Gasteiger partial charge in [-0.3, -0.25) is 14.5 Å². The fourth-order valence-corrected chi connectivity index (χ4v) is 3.38. The fraction of sp³-hybridized carbons (Fsp3) is 0.348. The molecule has 0 aromatic heterocycles. The summed E-state index contributed by atoms with van der Waals surface area (Å²) < 4.78 is 0. The number of hydrogen-bond acceptors (Lipinski definition) is 4. The van der Waals surface area contributed by atoms with E-state index in [2.05, 4.69) is 10.4 Å². The smallest absolute Gasteiger partial charge is 0.256 e. The monoisotopic (exact) mass is 392 g/mol. The van der Waals surface area contributed by atoms with Gasteiger partial charge in [0, 0.05) is 12.1 Å². The van der Waals surface area contributed by atoms with Crippen LogP contribution in [-0.2, 0) is 9.59 Å². The van der Waals surface area contributed by atoms with Crippen LogP contribution >= 0.6 is 0 Å². The molecule has 0 aliphatic carbocycles. The van der Waals surface area contributed by atoms with E-state index in [0.29, 0.717) is 13.1 Å².